The van der Waals surface area contributed by atoms with Crippen molar-refractivity contribution in [3.63, 3.8) is 0 Å². The number of aromatic nitrogens is 3. The first-order valence-electron chi connectivity index (χ1n) is 4.80. The van der Waals surface area contributed by atoms with Crippen LogP contribution in [0, 0.1) is 5.82 Å². The lowest BCUT2D eigenvalue weighted by Crippen LogP contribution is -2.09. The minimum absolute atomic E-state index is 0.399. The first-order valence-corrected chi connectivity index (χ1v) is 4.80. The van der Waals surface area contributed by atoms with Crippen LogP contribution < -0.4 is 0 Å². The van der Waals surface area contributed by atoms with Gasteiger partial charge >= 0.3 is 12.1 Å². The topological polar surface area (TPSA) is 68.0 Å². The van der Waals surface area contributed by atoms with Crippen molar-refractivity contribution in [2.24, 2.45) is 0 Å². The van der Waals surface area contributed by atoms with Gasteiger partial charge in [-0.15, -0.1) is 0 Å². The Hall–Kier alpha value is -2.45. The number of rotatable bonds is 2. The van der Waals surface area contributed by atoms with Gasteiger partial charge in [0.2, 0.25) is 0 Å². The molecule has 0 aliphatic carbocycles. The van der Waals surface area contributed by atoms with Crippen molar-refractivity contribution in [2.75, 3.05) is 0 Å². The predicted octanol–water partition coefficient (Wildman–Crippen LogP) is 2.12. The minimum atomic E-state index is -4.61. The number of carbonyl (C=O) groups is 1. The minimum Gasteiger partial charge on any atom is -0.478 e. The van der Waals surface area contributed by atoms with Gasteiger partial charge in [0.15, 0.2) is 5.82 Å². The molecule has 2 rings (SSSR count). The van der Waals surface area contributed by atoms with E-state index in [-0.39, 0.29) is 0 Å². The molecule has 0 aliphatic rings. The molecule has 2 heterocycles. The van der Waals surface area contributed by atoms with E-state index in [1.807, 2.05) is 0 Å². The number of halogens is 4. The summed E-state index contributed by atoms with van der Waals surface area (Å²) in [4.78, 5) is 14.3. The van der Waals surface area contributed by atoms with Crippen molar-refractivity contribution in [3.8, 4) is 5.82 Å². The summed E-state index contributed by atoms with van der Waals surface area (Å²) in [7, 11) is 0. The predicted molar refractivity (Wildman–Crippen MR) is 53.3 cm³/mol. The van der Waals surface area contributed by atoms with Crippen molar-refractivity contribution >= 4 is 5.97 Å². The normalized spacial score (nSPS) is 11.6. The summed E-state index contributed by atoms with van der Waals surface area (Å²) in [5.41, 5.74) is -1.65. The Morgan fingerprint density at radius 2 is 2.00 bits per heavy atom. The molecule has 1 N–H and O–H groups in total. The molecule has 2 aromatic heterocycles. The Bertz CT molecular complexity index is 636. The number of alkyl halides is 3. The van der Waals surface area contributed by atoms with E-state index < -0.39 is 34.9 Å². The van der Waals surface area contributed by atoms with E-state index in [0.29, 0.717) is 29.3 Å². The van der Waals surface area contributed by atoms with Gasteiger partial charge < -0.3 is 5.11 Å². The zero-order valence-electron chi connectivity index (χ0n) is 9.02. The summed E-state index contributed by atoms with van der Waals surface area (Å²) in [6.07, 6.45) is -2.82. The second-order valence-electron chi connectivity index (χ2n) is 3.50. The smallest absolute Gasteiger partial charge is 0.419 e. The van der Waals surface area contributed by atoms with Crippen molar-refractivity contribution in [1.82, 2.24) is 14.8 Å². The molecule has 2 aromatic rings. The Morgan fingerprint density at radius 1 is 1.32 bits per heavy atom. The van der Waals surface area contributed by atoms with Gasteiger partial charge in [0.05, 0.1) is 18.0 Å². The number of pyridine rings is 1. The summed E-state index contributed by atoms with van der Waals surface area (Å²) in [5.74, 6) is -2.83. The zero-order valence-corrected chi connectivity index (χ0v) is 9.02. The average molecular weight is 275 g/mol. The molecule has 0 atom stereocenters. The summed E-state index contributed by atoms with van der Waals surface area (Å²) < 4.78 is 50.7. The van der Waals surface area contributed by atoms with Crippen LogP contribution in [0.2, 0.25) is 0 Å². The lowest BCUT2D eigenvalue weighted by molar-refractivity contribution is -0.137. The van der Waals surface area contributed by atoms with Crippen LogP contribution in [-0.2, 0) is 6.18 Å². The van der Waals surface area contributed by atoms with Crippen LogP contribution in [0.25, 0.3) is 5.82 Å². The number of aromatic carboxylic acids is 1. The van der Waals surface area contributed by atoms with Crippen LogP contribution in [0.15, 0.2) is 24.7 Å². The van der Waals surface area contributed by atoms with E-state index in [1.165, 1.54) is 0 Å². The highest BCUT2D eigenvalue weighted by Gasteiger charge is 2.32. The number of carboxylic acids is 1. The molecule has 0 amide bonds. The monoisotopic (exact) mass is 275 g/mol. The largest absolute Gasteiger partial charge is 0.478 e. The molecule has 0 saturated heterocycles. The van der Waals surface area contributed by atoms with E-state index >= 15 is 0 Å². The van der Waals surface area contributed by atoms with Gasteiger partial charge in [-0.2, -0.15) is 18.3 Å². The van der Waals surface area contributed by atoms with Crippen molar-refractivity contribution in [2.45, 2.75) is 6.18 Å². The van der Waals surface area contributed by atoms with Crippen LogP contribution in [0.3, 0.4) is 0 Å². The van der Waals surface area contributed by atoms with Gasteiger partial charge in [0.25, 0.3) is 0 Å². The van der Waals surface area contributed by atoms with Gasteiger partial charge in [-0.25, -0.2) is 18.9 Å². The van der Waals surface area contributed by atoms with Crippen molar-refractivity contribution < 1.29 is 27.5 Å². The Morgan fingerprint density at radius 3 is 2.53 bits per heavy atom. The molecule has 0 fully saturated rings. The van der Waals surface area contributed by atoms with Crippen LogP contribution in [0.5, 0.6) is 0 Å². The Kier molecular flexibility index (Phi) is 2.97. The van der Waals surface area contributed by atoms with E-state index in [9.17, 15) is 22.4 Å². The first kappa shape index (κ1) is 13.0. The van der Waals surface area contributed by atoms with Crippen molar-refractivity contribution in [3.05, 3.63) is 41.6 Å². The highest BCUT2D eigenvalue weighted by atomic mass is 19.4. The first-order chi connectivity index (χ1) is 8.79. The van der Waals surface area contributed by atoms with Crippen LogP contribution in [0.1, 0.15) is 15.9 Å². The number of hydrogen-bond donors (Lipinski definition) is 1. The molecular weight excluding hydrogens is 270 g/mol. The number of hydrogen-bond acceptors (Lipinski definition) is 3. The standard InChI is InChI=1S/C10H5F4N3O2/c11-6-1-7(9(18)19)8(15-3-6)17-4-5(2-16-17)10(12,13)14/h1-4H,(H,18,19). The molecule has 0 aromatic carbocycles. The quantitative estimate of drug-likeness (QED) is 0.852. The molecule has 0 aliphatic heterocycles. The SMILES string of the molecule is O=C(O)c1cc(F)cnc1-n1cc(C(F)(F)F)cn1. The second kappa shape index (κ2) is 4.34. The summed E-state index contributed by atoms with van der Waals surface area (Å²) in [6, 6.07) is 0.652. The van der Waals surface area contributed by atoms with Gasteiger partial charge in [-0.05, 0) is 6.07 Å². The van der Waals surface area contributed by atoms with Crippen LogP contribution in [0.4, 0.5) is 17.6 Å². The third-order valence-corrected chi connectivity index (χ3v) is 2.19. The Balaban J connectivity index is 2.53. The molecule has 19 heavy (non-hydrogen) atoms. The van der Waals surface area contributed by atoms with Crippen LogP contribution in [-0.4, -0.2) is 25.8 Å². The molecule has 9 heteroatoms. The molecule has 0 spiro atoms. The van der Waals surface area contributed by atoms with E-state index in [2.05, 4.69) is 10.1 Å². The maximum atomic E-state index is 12.9. The maximum absolute atomic E-state index is 12.9. The van der Waals surface area contributed by atoms with E-state index in [0.717, 1.165) is 0 Å². The third kappa shape index (κ3) is 2.54. The highest BCUT2D eigenvalue weighted by Crippen LogP contribution is 2.29. The van der Waals surface area contributed by atoms with Crippen LogP contribution >= 0.6 is 0 Å². The third-order valence-electron chi connectivity index (χ3n) is 2.19. The summed E-state index contributed by atoms with van der Waals surface area (Å²) in [5, 5.41) is 12.2. The van der Waals surface area contributed by atoms with E-state index in [4.69, 9.17) is 5.11 Å². The van der Waals surface area contributed by atoms with Crippen molar-refractivity contribution in [1.29, 1.82) is 0 Å². The maximum Gasteiger partial charge on any atom is 0.419 e. The number of nitrogens with zero attached hydrogens (tertiary/aromatic N) is 3. The molecular formula is C10H5F4N3O2. The molecule has 0 saturated carbocycles. The molecule has 0 radical (unpaired) electrons. The van der Waals surface area contributed by atoms with Gasteiger partial charge in [0, 0.05) is 6.20 Å². The fourth-order valence-corrected chi connectivity index (χ4v) is 1.36. The van der Waals surface area contributed by atoms with Gasteiger partial charge in [-0.3, -0.25) is 0 Å². The van der Waals surface area contributed by atoms with Gasteiger partial charge in [0.1, 0.15) is 11.4 Å². The molecule has 0 unspecified atom stereocenters. The molecule has 0 bridgehead atoms. The zero-order chi connectivity index (χ0) is 14.2. The fraction of sp³-hybridized carbons (Fsp3) is 0.100. The highest BCUT2D eigenvalue weighted by molar-refractivity contribution is 5.91. The van der Waals surface area contributed by atoms with Gasteiger partial charge in [-0.1, -0.05) is 0 Å². The number of carboxylic acid groups (broad SMARTS) is 1. The lowest BCUT2D eigenvalue weighted by Gasteiger charge is -2.05. The van der Waals surface area contributed by atoms with E-state index in [1.54, 1.807) is 0 Å². The summed E-state index contributed by atoms with van der Waals surface area (Å²) in [6.45, 7) is 0. The summed E-state index contributed by atoms with van der Waals surface area (Å²) >= 11 is 0. The fourth-order valence-electron chi connectivity index (χ4n) is 1.36. The second-order valence-corrected chi connectivity index (χ2v) is 3.50. The Labute approximate surface area is 103 Å². The molecule has 100 valence electrons. The average Bonchev–Trinajstić information content (AvgIpc) is 2.77. The lowest BCUT2D eigenvalue weighted by atomic mass is 10.2. The molecule has 5 nitrogen and oxygen atoms in total.